The van der Waals surface area contributed by atoms with Crippen LogP contribution in [0, 0.1) is 0 Å². The zero-order valence-corrected chi connectivity index (χ0v) is 10.1. The molecule has 1 aliphatic rings. The van der Waals surface area contributed by atoms with E-state index in [4.69, 9.17) is 4.74 Å². The second kappa shape index (κ2) is 4.00. The van der Waals surface area contributed by atoms with Gasteiger partial charge in [0.25, 0.3) is 5.56 Å². The molecule has 1 N–H and O–H groups in total. The number of pyridine rings is 1. The summed E-state index contributed by atoms with van der Waals surface area (Å²) in [5, 5.41) is 0. The zero-order valence-electron chi connectivity index (χ0n) is 10.1. The third-order valence-electron chi connectivity index (χ3n) is 2.84. The number of aromatic amines is 1. The van der Waals surface area contributed by atoms with E-state index < -0.39 is 11.5 Å². The maximum Gasteiger partial charge on any atom is 0.343 e. The number of hydrogen-bond donors (Lipinski definition) is 1. The van der Waals surface area contributed by atoms with Crippen LogP contribution in [0.4, 0.5) is 0 Å². The number of esters is 1. The van der Waals surface area contributed by atoms with Crippen molar-refractivity contribution in [3.05, 3.63) is 33.2 Å². The molecule has 0 radical (unpaired) electrons. The maximum atomic E-state index is 11.7. The average Bonchev–Trinajstić information content (AvgIpc) is 2.26. The molecule has 0 fully saturated rings. The van der Waals surface area contributed by atoms with Gasteiger partial charge in [-0.1, -0.05) is 0 Å². The smallest absolute Gasteiger partial charge is 0.343 e. The van der Waals surface area contributed by atoms with Crippen LogP contribution < -0.4 is 5.56 Å². The highest BCUT2D eigenvalue weighted by molar-refractivity contribution is 5.89. The lowest BCUT2D eigenvalue weighted by Crippen LogP contribution is -2.35. The summed E-state index contributed by atoms with van der Waals surface area (Å²) in [5.41, 5.74) is 0.994. The molecule has 2 heterocycles. The predicted molar refractivity (Wildman–Crippen MR) is 61.0 cm³/mol. The van der Waals surface area contributed by atoms with Crippen LogP contribution in [0.15, 0.2) is 10.9 Å². The number of methoxy groups -OCH3 is 1. The van der Waals surface area contributed by atoms with Gasteiger partial charge in [-0.05, 0) is 25.5 Å². The van der Waals surface area contributed by atoms with E-state index >= 15 is 0 Å². The number of hydrogen-bond acceptors (Lipinski definition) is 4. The minimum Gasteiger partial charge on any atom is -0.465 e. The van der Waals surface area contributed by atoms with E-state index in [1.54, 1.807) is 6.07 Å². The second-order valence-electron chi connectivity index (χ2n) is 4.73. The van der Waals surface area contributed by atoms with Gasteiger partial charge in [0.1, 0.15) is 5.56 Å². The normalized spacial score (nSPS) is 17.4. The average molecular weight is 237 g/mol. The summed E-state index contributed by atoms with van der Waals surface area (Å²) in [6, 6.07) is 1.55. The fourth-order valence-electron chi connectivity index (χ4n) is 1.91. The van der Waals surface area contributed by atoms with Crippen LogP contribution in [0.25, 0.3) is 0 Å². The Morgan fingerprint density at radius 3 is 2.88 bits per heavy atom. The molecule has 5 heteroatoms. The molecule has 0 unspecified atom stereocenters. The Morgan fingerprint density at radius 2 is 2.24 bits per heavy atom. The molecule has 5 nitrogen and oxygen atoms in total. The van der Waals surface area contributed by atoms with Crippen LogP contribution in [-0.4, -0.2) is 23.7 Å². The third kappa shape index (κ3) is 2.24. The van der Waals surface area contributed by atoms with Gasteiger partial charge in [0.15, 0.2) is 0 Å². The van der Waals surface area contributed by atoms with Gasteiger partial charge in [-0.25, -0.2) is 4.79 Å². The number of rotatable bonds is 1. The van der Waals surface area contributed by atoms with Crippen molar-refractivity contribution < 1.29 is 14.3 Å². The van der Waals surface area contributed by atoms with Crippen molar-refractivity contribution in [2.75, 3.05) is 7.11 Å². The van der Waals surface area contributed by atoms with Crippen LogP contribution >= 0.6 is 0 Å². The minimum atomic E-state index is -0.626. The summed E-state index contributed by atoms with van der Waals surface area (Å²) in [7, 11) is 1.25. The van der Waals surface area contributed by atoms with E-state index in [0.717, 1.165) is 11.3 Å². The first-order valence-electron chi connectivity index (χ1n) is 5.40. The summed E-state index contributed by atoms with van der Waals surface area (Å²) < 4.78 is 10.2. The Bertz CT molecular complexity index is 516. The van der Waals surface area contributed by atoms with Crippen molar-refractivity contribution in [1.29, 1.82) is 0 Å². The molecule has 0 spiro atoms. The number of fused-ring (bicyclic) bond motifs is 1. The van der Waals surface area contributed by atoms with Gasteiger partial charge in [-0.15, -0.1) is 0 Å². The van der Waals surface area contributed by atoms with Crippen molar-refractivity contribution in [3.8, 4) is 0 Å². The topological polar surface area (TPSA) is 68.4 Å². The number of carbonyl (C=O) groups excluding carboxylic acids is 1. The summed E-state index contributed by atoms with van der Waals surface area (Å²) in [5.74, 6) is -0.626. The van der Waals surface area contributed by atoms with E-state index in [1.165, 1.54) is 7.11 Å². The minimum absolute atomic E-state index is 0.0227. The van der Waals surface area contributed by atoms with Crippen LogP contribution in [-0.2, 0) is 22.5 Å². The van der Waals surface area contributed by atoms with E-state index in [-0.39, 0.29) is 11.2 Å². The Labute approximate surface area is 98.7 Å². The Kier molecular flexibility index (Phi) is 2.79. The van der Waals surface area contributed by atoms with Gasteiger partial charge in [0.2, 0.25) is 0 Å². The highest BCUT2D eigenvalue weighted by atomic mass is 16.5. The summed E-state index contributed by atoms with van der Waals surface area (Å²) in [6.07, 6.45) is 0.624. The van der Waals surface area contributed by atoms with Crippen molar-refractivity contribution in [2.24, 2.45) is 0 Å². The van der Waals surface area contributed by atoms with E-state index in [0.29, 0.717) is 13.0 Å². The molecule has 1 aliphatic heterocycles. The SMILES string of the molecule is COC(=O)c1cc2c([nH]c1=O)CC(C)(C)OC2. The van der Waals surface area contributed by atoms with Crippen LogP contribution in [0.2, 0.25) is 0 Å². The standard InChI is InChI=1S/C12H15NO4/c1-12(2)5-9-7(6-17-12)4-8(10(14)13-9)11(15)16-3/h4H,5-6H2,1-3H3,(H,13,14). The fraction of sp³-hybridized carbons (Fsp3) is 0.500. The molecule has 17 heavy (non-hydrogen) atoms. The molecule has 0 aromatic carbocycles. The van der Waals surface area contributed by atoms with Crippen LogP contribution in [0.3, 0.4) is 0 Å². The van der Waals surface area contributed by atoms with Crippen molar-refractivity contribution in [1.82, 2.24) is 4.98 Å². The molecule has 1 aromatic rings. The van der Waals surface area contributed by atoms with Crippen molar-refractivity contribution in [3.63, 3.8) is 0 Å². The first-order valence-corrected chi connectivity index (χ1v) is 5.40. The molecule has 92 valence electrons. The lowest BCUT2D eigenvalue weighted by atomic mass is 9.95. The second-order valence-corrected chi connectivity index (χ2v) is 4.73. The Hall–Kier alpha value is -1.62. The highest BCUT2D eigenvalue weighted by Crippen LogP contribution is 2.25. The molecule has 0 aliphatic carbocycles. The number of nitrogens with one attached hydrogen (secondary N) is 1. The van der Waals surface area contributed by atoms with Gasteiger partial charge in [0.05, 0.1) is 19.3 Å². The maximum absolute atomic E-state index is 11.7. The molecular weight excluding hydrogens is 222 g/mol. The molecule has 2 rings (SSSR count). The van der Waals surface area contributed by atoms with Crippen molar-refractivity contribution >= 4 is 5.97 Å². The monoisotopic (exact) mass is 237 g/mol. The molecular formula is C12H15NO4. The van der Waals surface area contributed by atoms with E-state index in [2.05, 4.69) is 9.72 Å². The lowest BCUT2D eigenvalue weighted by Gasteiger charge is -2.31. The zero-order chi connectivity index (χ0) is 12.6. The number of ether oxygens (including phenoxy) is 2. The Morgan fingerprint density at radius 1 is 1.53 bits per heavy atom. The van der Waals surface area contributed by atoms with Crippen molar-refractivity contribution in [2.45, 2.75) is 32.5 Å². The largest absolute Gasteiger partial charge is 0.465 e. The number of aromatic nitrogens is 1. The number of carbonyl (C=O) groups is 1. The molecule has 1 aromatic heterocycles. The van der Waals surface area contributed by atoms with Crippen LogP contribution in [0.1, 0.15) is 35.5 Å². The lowest BCUT2D eigenvalue weighted by molar-refractivity contribution is -0.0414. The van der Waals surface area contributed by atoms with Gasteiger partial charge in [-0.3, -0.25) is 4.79 Å². The van der Waals surface area contributed by atoms with Gasteiger partial charge >= 0.3 is 5.97 Å². The van der Waals surface area contributed by atoms with Gasteiger partial charge < -0.3 is 14.5 Å². The highest BCUT2D eigenvalue weighted by Gasteiger charge is 2.28. The van der Waals surface area contributed by atoms with E-state index in [1.807, 2.05) is 13.8 Å². The van der Waals surface area contributed by atoms with Crippen LogP contribution in [0.5, 0.6) is 0 Å². The molecule has 0 amide bonds. The summed E-state index contributed by atoms with van der Waals surface area (Å²) >= 11 is 0. The summed E-state index contributed by atoms with van der Waals surface area (Å²) in [6.45, 7) is 4.31. The van der Waals surface area contributed by atoms with Gasteiger partial charge in [-0.2, -0.15) is 0 Å². The van der Waals surface area contributed by atoms with E-state index in [9.17, 15) is 9.59 Å². The summed E-state index contributed by atoms with van der Waals surface area (Å²) in [4.78, 5) is 25.8. The molecule has 0 atom stereocenters. The first kappa shape index (κ1) is 11.9. The fourth-order valence-corrected chi connectivity index (χ4v) is 1.91. The molecule has 0 bridgehead atoms. The molecule has 0 saturated heterocycles. The molecule has 0 saturated carbocycles. The Balaban J connectivity index is 2.46. The first-order chi connectivity index (χ1) is 7.93. The quantitative estimate of drug-likeness (QED) is 0.740. The third-order valence-corrected chi connectivity index (χ3v) is 2.84. The van der Waals surface area contributed by atoms with Gasteiger partial charge in [0, 0.05) is 12.1 Å². The number of H-pyrrole nitrogens is 1. The predicted octanol–water partition coefficient (Wildman–Crippen LogP) is 1.01.